The fraction of sp³-hybridized carbons (Fsp3) is 0.667. The summed E-state index contributed by atoms with van der Waals surface area (Å²) >= 11 is 2.35. The SMILES string of the molecule is CCCCCCS(=O)(=O)Oc1ccccc1SP(=O)(OCC)SCC(C)C. The van der Waals surface area contributed by atoms with Gasteiger partial charge < -0.3 is 8.71 Å². The zero-order chi connectivity index (χ0) is 20.3. The first-order valence-corrected chi connectivity index (χ1v) is 15.5. The van der Waals surface area contributed by atoms with E-state index in [9.17, 15) is 13.0 Å². The highest BCUT2D eigenvalue weighted by atomic mass is 33.1. The number of rotatable bonds is 14. The molecule has 0 heterocycles. The van der Waals surface area contributed by atoms with Gasteiger partial charge in [0.25, 0.3) is 0 Å². The van der Waals surface area contributed by atoms with Gasteiger partial charge in [-0.25, -0.2) is 0 Å². The van der Waals surface area contributed by atoms with Crippen molar-refractivity contribution in [1.29, 1.82) is 0 Å². The second kappa shape index (κ2) is 12.4. The summed E-state index contributed by atoms with van der Waals surface area (Å²) in [5, 5.41) is 0. The molecule has 0 aliphatic rings. The number of unbranched alkanes of at least 4 members (excludes halogenated alkanes) is 3. The molecule has 156 valence electrons. The third kappa shape index (κ3) is 10.3. The van der Waals surface area contributed by atoms with Crippen LogP contribution in [0.1, 0.15) is 53.4 Å². The molecule has 0 fully saturated rings. The smallest absolute Gasteiger partial charge is 0.317 e. The number of hydrogen-bond acceptors (Lipinski definition) is 7. The van der Waals surface area contributed by atoms with Crippen LogP contribution in [0.5, 0.6) is 5.75 Å². The van der Waals surface area contributed by atoms with Crippen LogP contribution >= 0.6 is 28.5 Å². The molecule has 1 rings (SSSR count). The van der Waals surface area contributed by atoms with Crippen molar-refractivity contribution in [3.63, 3.8) is 0 Å². The standard InChI is InChI=1S/C18H31O5PS3/c1-5-7-8-11-14-27(20,21)23-17-12-9-10-13-18(17)26-24(19,22-6-2)25-15-16(3)4/h9-10,12-13,16H,5-8,11,14-15H2,1-4H3. The van der Waals surface area contributed by atoms with Crippen LogP contribution in [-0.2, 0) is 19.2 Å². The number of benzene rings is 1. The maximum atomic E-state index is 13.1. The van der Waals surface area contributed by atoms with E-state index < -0.39 is 15.9 Å². The second-order valence-electron chi connectivity index (χ2n) is 6.50. The third-order valence-corrected chi connectivity index (χ3v) is 12.0. The summed E-state index contributed by atoms with van der Waals surface area (Å²) in [5.41, 5.74) is 0. The van der Waals surface area contributed by atoms with Crippen molar-refractivity contribution in [2.75, 3.05) is 18.1 Å². The number of hydrogen-bond donors (Lipinski definition) is 0. The lowest BCUT2D eigenvalue weighted by molar-refractivity contribution is 0.357. The van der Waals surface area contributed by atoms with Crippen molar-refractivity contribution >= 4 is 38.7 Å². The predicted octanol–water partition coefficient (Wildman–Crippen LogP) is 6.60. The fourth-order valence-corrected chi connectivity index (χ4v) is 10.3. The molecular formula is C18H31O5PS3. The maximum absolute atomic E-state index is 13.1. The maximum Gasteiger partial charge on any atom is 0.317 e. The molecule has 5 nitrogen and oxygen atoms in total. The molecule has 0 spiro atoms. The Labute approximate surface area is 172 Å². The molecule has 0 aromatic heterocycles. The normalized spacial score (nSPS) is 14.3. The topological polar surface area (TPSA) is 69.7 Å². The van der Waals surface area contributed by atoms with Gasteiger partial charge in [-0.2, -0.15) is 8.42 Å². The van der Waals surface area contributed by atoms with Crippen molar-refractivity contribution in [3.8, 4) is 5.75 Å². The van der Waals surface area contributed by atoms with Gasteiger partial charge in [0, 0.05) is 5.75 Å². The van der Waals surface area contributed by atoms with E-state index in [0.717, 1.165) is 30.6 Å². The Balaban J connectivity index is 2.89. The van der Waals surface area contributed by atoms with Crippen LogP contribution in [0, 0.1) is 5.92 Å². The Morgan fingerprint density at radius 2 is 1.81 bits per heavy atom. The summed E-state index contributed by atoms with van der Waals surface area (Å²) in [6, 6.07) is 6.79. The Kier molecular flexibility index (Phi) is 11.5. The molecule has 0 bridgehead atoms. The average molecular weight is 455 g/mol. The summed E-state index contributed by atoms with van der Waals surface area (Å²) in [7, 11) is -3.68. The van der Waals surface area contributed by atoms with Crippen LogP contribution in [0.2, 0.25) is 0 Å². The Bertz CT molecular complexity index is 707. The molecule has 0 aliphatic heterocycles. The van der Waals surface area contributed by atoms with Crippen LogP contribution in [0.4, 0.5) is 0 Å². The monoisotopic (exact) mass is 454 g/mol. The van der Waals surface area contributed by atoms with E-state index in [2.05, 4.69) is 20.8 Å². The summed E-state index contributed by atoms with van der Waals surface area (Å²) in [4.78, 5) is 0.516. The molecule has 27 heavy (non-hydrogen) atoms. The van der Waals surface area contributed by atoms with Gasteiger partial charge in [0.2, 0.25) is 0 Å². The molecule has 1 aromatic rings. The van der Waals surface area contributed by atoms with Crippen LogP contribution in [0.15, 0.2) is 29.2 Å². The summed E-state index contributed by atoms with van der Waals surface area (Å²) < 4.78 is 48.6. The van der Waals surface area contributed by atoms with Crippen LogP contribution < -0.4 is 4.18 Å². The molecule has 1 aromatic carbocycles. The molecule has 0 N–H and O–H groups in total. The third-order valence-electron chi connectivity index (χ3n) is 3.38. The lowest BCUT2D eigenvalue weighted by Crippen LogP contribution is -2.14. The summed E-state index contributed by atoms with van der Waals surface area (Å²) in [5.74, 6) is -1.79. The van der Waals surface area contributed by atoms with Crippen LogP contribution in [-0.4, -0.2) is 26.5 Å². The van der Waals surface area contributed by atoms with E-state index in [1.807, 2.05) is 0 Å². The molecular weight excluding hydrogens is 423 g/mol. The molecule has 1 atom stereocenters. The highest BCUT2D eigenvalue weighted by Gasteiger charge is 2.28. The lowest BCUT2D eigenvalue weighted by Gasteiger charge is -2.18. The molecule has 1 unspecified atom stereocenters. The first kappa shape index (κ1) is 24.9. The highest BCUT2D eigenvalue weighted by molar-refractivity contribution is 8.89. The quantitative estimate of drug-likeness (QED) is 0.178. The van der Waals surface area contributed by atoms with E-state index >= 15 is 0 Å². The van der Waals surface area contributed by atoms with E-state index in [1.165, 1.54) is 11.4 Å². The average Bonchev–Trinajstić information content (AvgIpc) is 2.59. The molecule has 0 saturated carbocycles. The van der Waals surface area contributed by atoms with Gasteiger partial charge in [0.05, 0.1) is 17.3 Å². The van der Waals surface area contributed by atoms with Gasteiger partial charge in [-0.1, -0.05) is 63.5 Å². The van der Waals surface area contributed by atoms with Gasteiger partial charge in [-0.05, 0) is 42.8 Å². The Hall–Kier alpha value is -0.140. The van der Waals surface area contributed by atoms with Gasteiger partial charge in [-0.15, -0.1) is 0 Å². The van der Waals surface area contributed by atoms with Crippen molar-refractivity contribution in [1.82, 2.24) is 0 Å². The van der Waals surface area contributed by atoms with Crippen molar-refractivity contribution in [3.05, 3.63) is 24.3 Å². The van der Waals surface area contributed by atoms with Crippen molar-refractivity contribution < 1.29 is 21.7 Å². The van der Waals surface area contributed by atoms with E-state index in [4.69, 9.17) is 8.71 Å². The Morgan fingerprint density at radius 1 is 1.11 bits per heavy atom. The minimum atomic E-state index is -3.68. The summed E-state index contributed by atoms with van der Waals surface area (Å²) in [6.45, 7) is 8.30. The lowest BCUT2D eigenvalue weighted by atomic mass is 10.2. The van der Waals surface area contributed by atoms with Crippen LogP contribution in [0.3, 0.4) is 0 Å². The van der Waals surface area contributed by atoms with Crippen molar-refractivity contribution in [2.24, 2.45) is 5.92 Å². The highest BCUT2D eigenvalue weighted by Crippen LogP contribution is 2.73. The number of para-hydroxylation sites is 1. The predicted molar refractivity (Wildman–Crippen MR) is 117 cm³/mol. The van der Waals surface area contributed by atoms with E-state index in [0.29, 0.717) is 29.6 Å². The van der Waals surface area contributed by atoms with Crippen LogP contribution in [0.25, 0.3) is 0 Å². The van der Waals surface area contributed by atoms with Crippen molar-refractivity contribution in [2.45, 2.75) is 58.3 Å². The second-order valence-corrected chi connectivity index (χ2v) is 15.5. The first-order valence-electron chi connectivity index (χ1n) is 9.31. The van der Waals surface area contributed by atoms with Gasteiger partial charge in [-0.3, -0.25) is 4.57 Å². The first-order chi connectivity index (χ1) is 12.7. The zero-order valence-electron chi connectivity index (χ0n) is 16.5. The molecule has 0 amide bonds. The minimum absolute atomic E-state index is 0.0166. The van der Waals surface area contributed by atoms with E-state index in [-0.39, 0.29) is 11.5 Å². The fourth-order valence-electron chi connectivity index (χ4n) is 2.09. The zero-order valence-corrected chi connectivity index (χ0v) is 19.9. The minimum Gasteiger partial charge on any atom is -0.381 e. The van der Waals surface area contributed by atoms with E-state index in [1.54, 1.807) is 31.2 Å². The molecule has 9 heteroatoms. The molecule has 0 aliphatic carbocycles. The largest absolute Gasteiger partial charge is 0.381 e. The molecule has 0 saturated heterocycles. The van der Waals surface area contributed by atoms with Gasteiger partial charge in [0.1, 0.15) is 0 Å². The Morgan fingerprint density at radius 3 is 2.44 bits per heavy atom. The van der Waals surface area contributed by atoms with Gasteiger partial charge in [0.15, 0.2) is 5.75 Å². The summed E-state index contributed by atoms with van der Waals surface area (Å²) in [6.07, 6.45) is 3.49. The molecule has 0 radical (unpaired) electrons. The van der Waals surface area contributed by atoms with Gasteiger partial charge >= 0.3 is 15.9 Å².